The number of ether oxygens (including phenoxy) is 1. The van der Waals surface area contributed by atoms with E-state index >= 15 is 0 Å². The molecule has 0 aliphatic heterocycles. The lowest BCUT2D eigenvalue weighted by molar-refractivity contribution is 0.0520. The smallest absolute Gasteiger partial charge is 0.356 e. The highest BCUT2D eigenvalue weighted by molar-refractivity contribution is 6.39. The molecule has 0 atom stereocenters. The summed E-state index contributed by atoms with van der Waals surface area (Å²) in [6.07, 6.45) is 1.50. The van der Waals surface area contributed by atoms with Gasteiger partial charge in [-0.05, 0) is 19.1 Å². The standard InChI is InChI=1S/C12H10Cl2N2O2/c1-2-18-12(17)11-7(6-15-16-11)10-8(13)4-3-5-9(10)14/h3-6H,2H2,1H3,(H,15,16). The molecule has 1 aromatic carbocycles. The molecule has 0 radical (unpaired) electrons. The maximum atomic E-state index is 11.7. The highest BCUT2D eigenvalue weighted by Crippen LogP contribution is 2.35. The number of carbonyl (C=O) groups is 1. The zero-order chi connectivity index (χ0) is 13.1. The molecule has 6 heteroatoms. The molecular formula is C12H10Cl2N2O2. The number of esters is 1. The minimum atomic E-state index is -0.485. The van der Waals surface area contributed by atoms with Crippen molar-refractivity contribution in [1.82, 2.24) is 10.2 Å². The number of H-pyrrole nitrogens is 1. The van der Waals surface area contributed by atoms with Crippen molar-refractivity contribution in [1.29, 1.82) is 0 Å². The van der Waals surface area contributed by atoms with Crippen LogP contribution in [0.2, 0.25) is 10.0 Å². The molecule has 0 bridgehead atoms. The van der Waals surface area contributed by atoms with Gasteiger partial charge in [-0.25, -0.2) is 4.79 Å². The molecule has 94 valence electrons. The zero-order valence-electron chi connectivity index (χ0n) is 9.54. The van der Waals surface area contributed by atoms with Crippen LogP contribution >= 0.6 is 23.2 Å². The SMILES string of the molecule is CCOC(=O)c1[nH]ncc1-c1c(Cl)cccc1Cl. The molecule has 0 aliphatic carbocycles. The second-order valence-electron chi connectivity index (χ2n) is 3.48. The maximum Gasteiger partial charge on any atom is 0.356 e. The van der Waals surface area contributed by atoms with Gasteiger partial charge in [0.2, 0.25) is 0 Å². The van der Waals surface area contributed by atoms with E-state index in [1.54, 1.807) is 25.1 Å². The lowest BCUT2D eigenvalue weighted by atomic mass is 10.1. The molecule has 18 heavy (non-hydrogen) atoms. The van der Waals surface area contributed by atoms with Crippen LogP contribution in [0.1, 0.15) is 17.4 Å². The molecule has 2 rings (SSSR count). The zero-order valence-corrected chi connectivity index (χ0v) is 11.0. The number of aromatic amines is 1. The third kappa shape index (κ3) is 2.35. The van der Waals surface area contributed by atoms with Gasteiger partial charge < -0.3 is 4.74 Å². The van der Waals surface area contributed by atoms with Gasteiger partial charge in [0.15, 0.2) is 5.69 Å². The lowest BCUT2D eigenvalue weighted by Gasteiger charge is -2.07. The van der Waals surface area contributed by atoms with Crippen molar-refractivity contribution in [3.63, 3.8) is 0 Å². The van der Waals surface area contributed by atoms with Crippen LogP contribution in [0.25, 0.3) is 11.1 Å². The minimum Gasteiger partial charge on any atom is -0.461 e. The Hall–Kier alpha value is -1.52. The Morgan fingerprint density at radius 2 is 2.06 bits per heavy atom. The van der Waals surface area contributed by atoms with Crippen LogP contribution in [0, 0.1) is 0 Å². The predicted octanol–water partition coefficient (Wildman–Crippen LogP) is 3.56. The molecule has 1 N–H and O–H groups in total. The highest BCUT2D eigenvalue weighted by atomic mass is 35.5. The predicted molar refractivity (Wildman–Crippen MR) is 70.0 cm³/mol. The molecule has 0 amide bonds. The molecule has 0 unspecified atom stereocenters. The number of hydrogen-bond acceptors (Lipinski definition) is 3. The van der Waals surface area contributed by atoms with Crippen LogP contribution in [0.3, 0.4) is 0 Å². The van der Waals surface area contributed by atoms with E-state index in [-0.39, 0.29) is 12.3 Å². The molecular weight excluding hydrogens is 275 g/mol. The number of aromatic nitrogens is 2. The average Bonchev–Trinajstić information content (AvgIpc) is 2.78. The molecule has 0 aliphatic rings. The van der Waals surface area contributed by atoms with Crippen molar-refractivity contribution in [2.45, 2.75) is 6.92 Å². The quantitative estimate of drug-likeness (QED) is 0.877. The summed E-state index contributed by atoms with van der Waals surface area (Å²) in [6, 6.07) is 5.13. The summed E-state index contributed by atoms with van der Waals surface area (Å²) in [5.74, 6) is -0.485. The Morgan fingerprint density at radius 3 is 2.67 bits per heavy atom. The van der Waals surface area contributed by atoms with Crippen molar-refractivity contribution in [3.05, 3.63) is 40.1 Å². The van der Waals surface area contributed by atoms with Gasteiger partial charge in [-0.1, -0.05) is 29.3 Å². The average molecular weight is 285 g/mol. The summed E-state index contributed by atoms with van der Waals surface area (Å²) < 4.78 is 4.93. The van der Waals surface area contributed by atoms with E-state index in [2.05, 4.69) is 10.2 Å². The molecule has 4 nitrogen and oxygen atoms in total. The third-order valence-electron chi connectivity index (χ3n) is 2.35. The van der Waals surface area contributed by atoms with Crippen molar-refractivity contribution < 1.29 is 9.53 Å². The Balaban J connectivity index is 2.52. The first-order valence-electron chi connectivity index (χ1n) is 5.30. The molecule has 1 aromatic heterocycles. The number of nitrogens with zero attached hydrogens (tertiary/aromatic N) is 1. The molecule has 2 aromatic rings. The van der Waals surface area contributed by atoms with Gasteiger partial charge in [-0.3, -0.25) is 5.10 Å². The number of hydrogen-bond donors (Lipinski definition) is 1. The van der Waals surface area contributed by atoms with E-state index in [0.29, 0.717) is 21.2 Å². The van der Waals surface area contributed by atoms with Crippen molar-refractivity contribution in [2.24, 2.45) is 0 Å². The summed E-state index contributed by atoms with van der Waals surface area (Å²) in [4.78, 5) is 11.7. The number of halogens is 2. The van der Waals surface area contributed by atoms with Gasteiger partial charge >= 0.3 is 5.97 Å². The van der Waals surface area contributed by atoms with Gasteiger partial charge in [-0.2, -0.15) is 5.10 Å². The van der Waals surface area contributed by atoms with Crippen LogP contribution in [-0.4, -0.2) is 22.8 Å². The lowest BCUT2D eigenvalue weighted by Crippen LogP contribution is -2.06. The summed E-state index contributed by atoms with van der Waals surface area (Å²) in [7, 11) is 0. The molecule has 0 fully saturated rings. The normalized spacial score (nSPS) is 10.4. The fourth-order valence-corrected chi connectivity index (χ4v) is 2.19. The summed E-state index contributed by atoms with van der Waals surface area (Å²) >= 11 is 12.2. The summed E-state index contributed by atoms with van der Waals surface area (Å²) in [6.45, 7) is 2.02. The van der Waals surface area contributed by atoms with Gasteiger partial charge in [0.05, 0.1) is 22.8 Å². The summed E-state index contributed by atoms with van der Waals surface area (Å²) in [5, 5.41) is 7.35. The van der Waals surface area contributed by atoms with Crippen LogP contribution in [0.4, 0.5) is 0 Å². The Morgan fingerprint density at radius 1 is 1.39 bits per heavy atom. The van der Waals surface area contributed by atoms with Gasteiger partial charge in [0.1, 0.15) is 0 Å². The minimum absolute atomic E-state index is 0.242. The first-order valence-corrected chi connectivity index (χ1v) is 6.05. The third-order valence-corrected chi connectivity index (χ3v) is 2.98. The highest BCUT2D eigenvalue weighted by Gasteiger charge is 2.20. The van der Waals surface area contributed by atoms with Crippen LogP contribution in [-0.2, 0) is 4.74 Å². The fraction of sp³-hybridized carbons (Fsp3) is 0.167. The molecule has 0 saturated heterocycles. The second kappa shape index (κ2) is 5.42. The van der Waals surface area contributed by atoms with Crippen LogP contribution < -0.4 is 0 Å². The molecule has 1 heterocycles. The first-order chi connectivity index (χ1) is 8.65. The maximum absolute atomic E-state index is 11.7. The van der Waals surface area contributed by atoms with Crippen LogP contribution in [0.5, 0.6) is 0 Å². The Labute approximate surface area is 114 Å². The Kier molecular flexibility index (Phi) is 3.89. The monoisotopic (exact) mass is 284 g/mol. The van der Waals surface area contributed by atoms with E-state index in [9.17, 15) is 4.79 Å². The van der Waals surface area contributed by atoms with E-state index < -0.39 is 5.97 Å². The molecule has 0 saturated carbocycles. The van der Waals surface area contributed by atoms with Gasteiger partial charge in [-0.15, -0.1) is 0 Å². The fourth-order valence-electron chi connectivity index (χ4n) is 1.59. The first kappa shape index (κ1) is 12.9. The number of carbonyl (C=O) groups excluding carboxylic acids is 1. The van der Waals surface area contributed by atoms with Gasteiger partial charge in [0.25, 0.3) is 0 Å². The van der Waals surface area contributed by atoms with E-state index in [4.69, 9.17) is 27.9 Å². The largest absolute Gasteiger partial charge is 0.461 e. The topological polar surface area (TPSA) is 55.0 Å². The van der Waals surface area contributed by atoms with Gasteiger partial charge in [0, 0.05) is 11.1 Å². The van der Waals surface area contributed by atoms with Crippen molar-refractivity contribution in [3.8, 4) is 11.1 Å². The van der Waals surface area contributed by atoms with Crippen molar-refractivity contribution >= 4 is 29.2 Å². The van der Waals surface area contributed by atoms with E-state index in [1.165, 1.54) is 6.20 Å². The molecule has 0 spiro atoms. The summed E-state index contributed by atoms with van der Waals surface area (Å²) in [5.41, 5.74) is 1.34. The number of benzene rings is 1. The van der Waals surface area contributed by atoms with E-state index in [0.717, 1.165) is 0 Å². The van der Waals surface area contributed by atoms with Crippen LogP contribution in [0.15, 0.2) is 24.4 Å². The van der Waals surface area contributed by atoms with E-state index in [1.807, 2.05) is 0 Å². The van der Waals surface area contributed by atoms with Crippen molar-refractivity contribution in [2.75, 3.05) is 6.61 Å². The number of rotatable bonds is 3. The second-order valence-corrected chi connectivity index (χ2v) is 4.29. The Bertz CT molecular complexity index is 561. The number of nitrogens with one attached hydrogen (secondary N) is 1.